The van der Waals surface area contributed by atoms with Crippen molar-refractivity contribution >= 4 is 0 Å². The predicted molar refractivity (Wildman–Crippen MR) is 82.4 cm³/mol. The summed E-state index contributed by atoms with van der Waals surface area (Å²) in [7, 11) is 0. The molecular formula is C17H29NO. The topological polar surface area (TPSA) is 21.3 Å². The molecular weight excluding hydrogens is 234 g/mol. The van der Waals surface area contributed by atoms with E-state index >= 15 is 0 Å². The third-order valence-electron chi connectivity index (χ3n) is 3.44. The Morgan fingerprint density at radius 2 is 1.53 bits per heavy atom. The molecule has 19 heavy (non-hydrogen) atoms. The van der Waals surface area contributed by atoms with E-state index in [1.54, 1.807) is 0 Å². The molecule has 0 aliphatic rings. The molecule has 1 unspecified atom stereocenters. The van der Waals surface area contributed by atoms with Crippen molar-refractivity contribution in [2.75, 3.05) is 6.54 Å². The fourth-order valence-electron chi connectivity index (χ4n) is 1.73. The summed E-state index contributed by atoms with van der Waals surface area (Å²) in [5, 5.41) is 3.44. The van der Waals surface area contributed by atoms with Crippen molar-refractivity contribution in [3.63, 3.8) is 0 Å². The van der Waals surface area contributed by atoms with Crippen LogP contribution < -0.4 is 5.32 Å². The normalized spacial score (nSPS) is 13.2. The van der Waals surface area contributed by atoms with Crippen molar-refractivity contribution in [2.24, 2.45) is 5.92 Å². The standard InChI is InChI=1S/C17H29NO/c1-13(2)15(5)19-12-17-8-6-16(7-9-17)10-11-18-14(3)4/h6-9,13-15,18H,10-12H2,1-5H3. The average molecular weight is 263 g/mol. The van der Waals surface area contributed by atoms with Crippen molar-refractivity contribution in [3.8, 4) is 0 Å². The minimum Gasteiger partial charge on any atom is -0.374 e. The lowest BCUT2D eigenvalue weighted by Crippen LogP contribution is -2.24. The molecule has 1 N–H and O–H groups in total. The largest absolute Gasteiger partial charge is 0.374 e. The Labute approximate surface area is 118 Å². The first kappa shape index (κ1) is 16.2. The Hall–Kier alpha value is -0.860. The van der Waals surface area contributed by atoms with Crippen LogP contribution in [-0.4, -0.2) is 18.7 Å². The van der Waals surface area contributed by atoms with Gasteiger partial charge in [0.25, 0.3) is 0 Å². The second kappa shape index (κ2) is 8.34. The number of ether oxygens (including phenoxy) is 1. The van der Waals surface area contributed by atoms with Crippen LogP contribution in [0.3, 0.4) is 0 Å². The van der Waals surface area contributed by atoms with Gasteiger partial charge in [-0.1, -0.05) is 52.0 Å². The predicted octanol–water partition coefficient (Wildman–Crippen LogP) is 3.79. The number of hydrogen-bond acceptors (Lipinski definition) is 2. The fourth-order valence-corrected chi connectivity index (χ4v) is 1.73. The van der Waals surface area contributed by atoms with E-state index in [1.807, 2.05) is 0 Å². The quantitative estimate of drug-likeness (QED) is 0.770. The molecule has 0 amide bonds. The molecule has 0 aliphatic heterocycles. The monoisotopic (exact) mass is 263 g/mol. The van der Waals surface area contributed by atoms with E-state index in [1.165, 1.54) is 11.1 Å². The summed E-state index contributed by atoms with van der Waals surface area (Å²) in [6.45, 7) is 12.6. The molecule has 0 fully saturated rings. The van der Waals surface area contributed by atoms with Crippen LogP contribution in [-0.2, 0) is 17.8 Å². The van der Waals surface area contributed by atoms with E-state index in [0.717, 1.165) is 13.0 Å². The van der Waals surface area contributed by atoms with Crippen molar-refractivity contribution in [1.29, 1.82) is 0 Å². The number of nitrogens with one attached hydrogen (secondary N) is 1. The highest BCUT2D eigenvalue weighted by atomic mass is 16.5. The zero-order chi connectivity index (χ0) is 14.3. The molecule has 1 rings (SSSR count). The van der Waals surface area contributed by atoms with Crippen LogP contribution in [0.2, 0.25) is 0 Å². The average Bonchev–Trinajstić information content (AvgIpc) is 2.37. The smallest absolute Gasteiger partial charge is 0.0720 e. The van der Waals surface area contributed by atoms with Crippen molar-refractivity contribution in [3.05, 3.63) is 35.4 Å². The zero-order valence-corrected chi connectivity index (χ0v) is 13.1. The van der Waals surface area contributed by atoms with Crippen LogP contribution >= 0.6 is 0 Å². The Balaban J connectivity index is 2.35. The van der Waals surface area contributed by atoms with Gasteiger partial charge >= 0.3 is 0 Å². The molecule has 1 aromatic carbocycles. The maximum absolute atomic E-state index is 5.83. The lowest BCUT2D eigenvalue weighted by atomic mass is 10.1. The molecule has 0 bridgehead atoms. The number of hydrogen-bond donors (Lipinski definition) is 1. The summed E-state index contributed by atoms with van der Waals surface area (Å²) >= 11 is 0. The first-order valence-electron chi connectivity index (χ1n) is 7.42. The fraction of sp³-hybridized carbons (Fsp3) is 0.647. The van der Waals surface area contributed by atoms with Gasteiger partial charge in [-0.25, -0.2) is 0 Å². The van der Waals surface area contributed by atoms with Crippen LogP contribution in [0, 0.1) is 5.92 Å². The van der Waals surface area contributed by atoms with E-state index in [-0.39, 0.29) is 0 Å². The Morgan fingerprint density at radius 3 is 2.05 bits per heavy atom. The zero-order valence-electron chi connectivity index (χ0n) is 13.1. The molecule has 0 saturated heterocycles. The highest BCUT2D eigenvalue weighted by Crippen LogP contribution is 2.11. The maximum atomic E-state index is 5.83. The van der Waals surface area contributed by atoms with Crippen molar-refractivity contribution < 1.29 is 4.74 Å². The van der Waals surface area contributed by atoms with E-state index < -0.39 is 0 Å². The summed E-state index contributed by atoms with van der Waals surface area (Å²) in [6.07, 6.45) is 1.40. The molecule has 0 spiro atoms. The number of rotatable bonds is 8. The van der Waals surface area contributed by atoms with E-state index in [2.05, 4.69) is 64.2 Å². The first-order chi connectivity index (χ1) is 8.99. The second-order valence-electron chi connectivity index (χ2n) is 5.94. The van der Waals surface area contributed by atoms with Crippen molar-refractivity contribution in [2.45, 2.75) is 59.8 Å². The summed E-state index contributed by atoms with van der Waals surface area (Å²) in [5.74, 6) is 0.571. The lowest BCUT2D eigenvalue weighted by molar-refractivity contribution is 0.0235. The summed E-state index contributed by atoms with van der Waals surface area (Å²) < 4.78 is 5.83. The second-order valence-corrected chi connectivity index (χ2v) is 5.94. The molecule has 0 aromatic heterocycles. The Kier molecular flexibility index (Phi) is 7.11. The molecule has 2 heteroatoms. The molecule has 1 aromatic rings. The van der Waals surface area contributed by atoms with Crippen LogP contribution in [0.25, 0.3) is 0 Å². The van der Waals surface area contributed by atoms with E-state index in [9.17, 15) is 0 Å². The van der Waals surface area contributed by atoms with Crippen LogP contribution in [0.1, 0.15) is 45.7 Å². The molecule has 2 nitrogen and oxygen atoms in total. The van der Waals surface area contributed by atoms with Gasteiger partial charge in [0.2, 0.25) is 0 Å². The SMILES string of the molecule is CC(C)NCCc1ccc(COC(C)C(C)C)cc1. The van der Waals surface area contributed by atoms with Gasteiger partial charge in [0.1, 0.15) is 0 Å². The Bertz CT molecular complexity index is 343. The summed E-state index contributed by atoms with van der Waals surface area (Å²) in [6, 6.07) is 9.34. The van der Waals surface area contributed by atoms with Gasteiger partial charge in [0, 0.05) is 6.04 Å². The van der Waals surface area contributed by atoms with Crippen LogP contribution in [0.4, 0.5) is 0 Å². The van der Waals surface area contributed by atoms with Gasteiger partial charge in [-0.2, -0.15) is 0 Å². The minimum atomic E-state index is 0.315. The van der Waals surface area contributed by atoms with Gasteiger partial charge in [0.15, 0.2) is 0 Å². The van der Waals surface area contributed by atoms with Gasteiger partial charge in [-0.15, -0.1) is 0 Å². The van der Waals surface area contributed by atoms with Crippen molar-refractivity contribution in [1.82, 2.24) is 5.32 Å². The third-order valence-corrected chi connectivity index (χ3v) is 3.44. The molecule has 108 valence electrons. The highest BCUT2D eigenvalue weighted by molar-refractivity contribution is 5.22. The summed E-state index contributed by atoms with van der Waals surface area (Å²) in [5.41, 5.74) is 2.64. The third kappa shape index (κ3) is 6.74. The molecule has 1 atom stereocenters. The van der Waals surface area contributed by atoms with Gasteiger partial charge in [-0.05, 0) is 36.9 Å². The Morgan fingerprint density at radius 1 is 0.947 bits per heavy atom. The van der Waals surface area contributed by atoms with Gasteiger partial charge in [0.05, 0.1) is 12.7 Å². The maximum Gasteiger partial charge on any atom is 0.0720 e. The van der Waals surface area contributed by atoms with E-state index in [0.29, 0.717) is 24.7 Å². The van der Waals surface area contributed by atoms with Gasteiger partial charge in [-0.3, -0.25) is 0 Å². The van der Waals surface area contributed by atoms with E-state index in [4.69, 9.17) is 4.74 Å². The van der Waals surface area contributed by atoms with Crippen LogP contribution in [0.15, 0.2) is 24.3 Å². The van der Waals surface area contributed by atoms with Gasteiger partial charge < -0.3 is 10.1 Å². The minimum absolute atomic E-state index is 0.315. The molecule has 0 aliphatic carbocycles. The summed E-state index contributed by atoms with van der Waals surface area (Å²) in [4.78, 5) is 0. The highest BCUT2D eigenvalue weighted by Gasteiger charge is 2.07. The molecule has 0 saturated carbocycles. The number of benzene rings is 1. The molecule has 0 radical (unpaired) electrons. The van der Waals surface area contributed by atoms with Crippen LogP contribution in [0.5, 0.6) is 0 Å². The first-order valence-corrected chi connectivity index (χ1v) is 7.42. The molecule has 0 heterocycles. The lowest BCUT2D eigenvalue weighted by Gasteiger charge is -2.16.